The average Bonchev–Trinajstić information content (AvgIpc) is 2.75. The van der Waals surface area contributed by atoms with Gasteiger partial charge in [-0.2, -0.15) is 0 Å². The lowest BCUT2D eigenvalue weighted by Crippen LogP contribution is -2.73. The maximum absolute atomic E-state index is 13.6. The van der Waals surface area contributed by atoms with Crippen molar-refractivity contribution in [3.63, 3.8) is 0 Å². The summed E-state index contributed by atoms with van der Waals surface area (Å²) >= 11 is 0. The molecule has 2 aliphatic rings. The van der Waals surface area contributed by atoms with E-state index >= 15 is 0 Å². The van der Waals surface area contributed by atoms with Crippen LogP contribution in [0.4, 0.5) is 4.39 Å². The van der Waals surface area contributed by atoms with E-state index in [1.54, 1.807) is 11.0 Å². The lowest BCUT2D eigenvalue weighted by atomic mass is 9.73. The molecule has 1 N–H and O–H groups in total. The minimum atomic E-state index is -0.487. The number of carbonyl (C=O) groups excluding carboxylic acids is 2. The summed E-state index contributed by atoms with van der Waals surface area (Å²) in [5.74, 6) is 5.74. The number of benzene rings is 2. The van der Waals surface area contributed by atoms with Crippen molar-refractivity contribution < 1.29 is 19.1 Å². The van der Waals surface area contributed by atoms with Gasteiger partial charge < -0.3 is 14.9 Å². The second kappa shape index (κ2) is 9.13. The zero-order valence-corrected chi connectivity index (χ0v) is 18.3. The van der Waals surface area contributed by atoms with Gasteiger partial charge in [0.15, 0.2) is 0 Å². The van der Waals surface area contributed by atoms with E-state index in [9.17, 15) is 19.1 Å². The van der Waals surface area contributed by atoms with Crippen LogP contribution < -0.4 is 0 Å². The van der Waals surface area contributed by atoms with Crippen LogP contribution in [0.2, 0.25) is 0 Å². The van der Waals surface area contributed by atoms with Crippen molar-refractivity contribution in [2.75, 3.05) is 19.7 Å². The third-order valence-corrected chi connectivity index (χ3v) is 6.15. The molecule has 2 amide bonds. The van der Waals surface area contributed by atoms with Gasteiger partial charge in [-0.05, 0) is 41.8 Å². The van der Waals surface area contributed by atoms with E-state index in [0.29, 0.717) is 12.5 Å². The summed E-state index contributed by atoms with van der Waals surface area (Å²) in [7, 11) is 0. The van der Waals surface area contributed by atoms with E-state index in [0.717, 1.165) is 17.5 Å². The molecule has 5 nitrogen and oxygen atoms in total. The minimum absolute atomic E-state index is 0.0700. The minimum Gasteiger partial charge on any atom is -0.394 e. The number of rotatable bonds is 4. The molecule has 0 aliphatic carbocycles. The van der Waals surface area contributed by atoms with Crippen LogP contribution in [0.15, 0.2) is 48.5 Å². The first-order valence-corrected chi connectivity index (χ1v) is 10.9. The first-order valence-electron chi connectivity index (χ1n) is 10.9. The van der Waals surface area contributed by atoms with Gasteiger partial charge in [0, 0.05) is 30.0 Å². The molecule has 2 aromatic rings. The first-order chi connectivity index (χ1) is 15.4. The number of fused-ring (bicyclic) bond motifs is 1. The molecule has 166 valence electrons. The summed E-state index contributed by atoms with van der Waals surface area (Å²) in [4.78, 5) is 28.8. The van der Waals surface area contributed by atoms with E-state index < -0.39 is 5.82 Å². The van der Waals surface area contributed by atoms with Crippen LogP contribution in [0.1, 0.15) is 47.7 Å². The monoisotopic (exact) mass is 434 g/mol. The highest BCUT2D eigenvalue weighted by Crippen LogP contribution is 2.43. The summed E-state index contributed by atoms with van der Waals surface area (Å²) in [6.45, 7) is 4.39. The van der Waals surface area contributed by atoms with Gasteiger partial charge in [-0.3, -0.25) is 9.59 Å². The van der Waals surface area contributed by atoms with Crippen molar-refractivity contribution in [1.29, 1.82) is 0 Å². The molecule has 2 heterocycles. The van der Waals surface area contributed by atoms with Gasteiger partial charge in [-0.1, -0.05) is 43.9 Å². The number of hydrogen-bond acceptors (Lipinski definition) is 3. The Balaban J connectivity index is 1.53. The molecule has 6 heteroatoms. The van der Waals surface area contributed by atoms with Gasteiger partial charge in [0.05, 0.1) is 18.7 Å². The highest BCUT2D eigenvalue weighted by Gasteiger charge is 2.54. The quantitative estimate of drug-likeness (QED) is 0.753. The van der Waals surface area contributed by atoms with Crippen LogP contribution in [0, 0.1) is 23.6 Å². The Morgan fingerprint density at radius 3 is 2.62 bits per heavy atom. The third kappa shape index (κ3) is 4.26. The van der Waals surface area contributed by atoms with Crippen LogP contribution in [0.5, 0.6) is 0 Å². The van der Waals surface area contributed by atoms with E-state index in [-0.39, 0.29) is 48.5 Å². The van der Waals surface area contributed by atoms with Crippen LogP contribution in [-0.2, 0) is 4.79 Å². The lowest BCUT2D eigenvalue weighted by molar-refractivity contribution is -0.159. The van der Waals surface area contributed by atoms with Crippen molar-refractivity contribution in [2.45, 2.75) is 38.3 Å². The molecule has 4 rings (SSSR count). The Hall–Kier alpha value is -3.17. The number of hydrogen-bond donors (Lipinski definition) is 1. The smallest absolute Gasteiger partial charge is 0.254 e. The maximum atomic E-state index is 13.6. The number of piperazine rings is 1. The van der Waals surface area contributed by atoms with Crippen molar-refractivity contribution in [2.24, 2.45) is 5.92 Å². The van der Waals surface area contributed by atoms with Gasteiger partial charge in [0.1, 0.15) is 12.4 Å². The summed E-state index contributed by atoms with van der Waals surface area (Å²) in [5.41, 5.74) is 2.16. The van der Waals surface area contributed by atoms with Gasteiger partial charge in [-0.25, -0.2) is 4.39 Å². The fourth-order valence-corrected chi connectivity index (χ4v) is 4.60. The Labute approximate surface area is 187 Å². The maximum Gasteiger partial charge on any atom is 0.254 e. The summed E-state index contributed by atoms with van der Waals surface area (Å²) < 4.78 is 13.6. The summed E-state index contributed by atoms with van der Waals surface area (Å²) in [5, 5.41) is 9.94. The molecule has 2 aromatic carbocycles. The molecule has 0 saturated carbocycles. The zero-order chi connectivity index (χ0) is 22.8. The molecule has 2 aliphatic heterocycles. The summed E-state index contributed by atoms with van der Waals surface area (Å²) in [6.07, 6.45) is 0.839. The average molecular weight is 435 g/mol. The van der Waals surface area contributed by atoms with Gasteiger partial charge in [0.25, 0.3) is 5.91 Å². The predicted molar refractivity (Wildman–Crippen MR) is 119 cm³/mol. The second-order valence-electron chi connectivity index (χ2n) is 8.86. The zero-order valence-electron chi connectivity index (χ0n) is 18.3. The molecule has 32 heavy (non-hydrogen) atoms. The molecule has 2 saturated heterocycles. The third-order valence-electron chi connectivity index (χ3n) is 6.15. The van der Waals surface area contributed by atoms with E-state index in [4.69, 9.17) is 0 Å². The Kier molecular flexibility index (Phi) is 6.29. The molecule has 0 radical (unpaired) electrons. The number of halogens is 1. The molecular weight excluding hydrogens is 407 g/mol. The van der Waals surface area contributed by atoms with Crippen LogP contribution >= 0.6 is 0 Å². The number of carbonyl (C=O) groups is 2. The van der Waals surface area contributed by atoms with E-state index in [2.05, 4.69) is 25.7 Å². The molecule has 0 aromatic heterocycles. The largest absolute Gasteiger partial charge is 0.394 e. The highest BCUT2D eigenvalue weighted by atomic mass is 19.1. The molecule has 0 bridgehead atoms. The topological polar surface area (TPSA) is 60.9 Å². The SMILES string of the molecule is CC(C)CC#Cc1ccc([C@@H]2[C@@H](CO)N3C(=O)CN(C(=O)c4cccc(F)c4)C[C@@H]23)cc1. The highest BCUT2D eigenvalue weighted by molar-refractivity contribution is 5.97. The Morgan fingerprint density at radius 2 is 1.97 bits per heavy atom. The van der Waals surface area contributed by atoms with Gasteiger partial charge in [-0.15, -0.1) is 0 Å². The first kappa shape index (κ1) is 22.0. The van der Waals surface area contributed by atoms with Crippen LogP contribution in [0.3, 0.4) is 0 Å². The van der Waals surface area contributed by atoms with E-state index in [1.807, 2.05) is 24.3 Å². The predicted octanol–water partition coefficient (Wildman–Crippen LogP) is 3.03. The second-order valence-corrected chi connectivity index (χ2v) is 8.86. The van der Waals surface area contributed by atoms with Crippen molar-refractivity contribution in [3.05, 3.63) is 71.0 Å². The molecule has 0 spiro atoms. The van der Waals surface area contributed by atoms with Crippen molar-refractivity contribution in [3.8, 4) is 11.8 Å². The molecule has 3 atom stereocenters. The molecule has 0 unspecified atom stereocenters. The van der Waals surface area contributed by atoms with E-state index in [1.165, 1.54) is 23.1 Å². The number of nitrogens with zero attached hydrogens (tertiary/aromatic N) is 2. The van der Waals surface area contributed by atoms with Crippen LogP contribution in [0.25, 0.3) is 0 Å². The lowest BCUT2D eigenvalue weighted by Gasteiger charge is -2.58. The molecular formula is C26H27FN2O3. The van der Waals surface area contributed by atoms with Crippen molar-refractivity contribution in [1.82, 2.24) is 9.80 Å². The van der Waals surface area contributed by atoms with Gasteiger partial charge in [0.2, 0.25) is 5.91 Å². The Morgan fingerprint density at radius 1 is 1.22 bits per heavy atom. The molecule has 2 fully saturated rings. The fourth-order valence-electron chi connectivity index (χ4n) is 4.60. The van der Waals surface area contributed by atoms with Crippen molar-refractivity contribution >= 4 is 11.8 Å². The number of aliphatic hydroxyl groups is 1. The normalized spacial score (nSPS) is 22.2. The van der Waals surface area contributed by atoms with Gasteiger partial charge >= 0.3 is 0 Å². The standard InChI is InChI=1S/C26H27FN2O3/c1-17(2)5-3-6-18-9-11-19(12-10-18)25-22-14-28(15-24(31)29(22)23(25)16-30)26(32)20-7-4-8-21(27)13-20/h4,7-13,17,22-23,25,30H,5,14-16H2,1-2H3/t22-,23+,25-/m0/s1. The van der Waals surface area contributed by atoms with Crippen LogP contribution in [-0.4, -0.2) is 58.5 Å². The Bertz CT molecular complexity index is 1070. The number of aliphatic hydroxyl groups excluding tert-OH is 1. The fraction of sp³-hybridized carbons (Fsp3) is 0.385. The number of amides is 2. The summed E-state index contributed by atoms with van der Waals surface area (Å²) in [6, 6.07) is 12.9.